The number of carbonyl (C=O) groups is 2. The Morgan fingerprint density at radius 1 is 1.67 bits per heavy atom. The predicted molar refractivity (Wildman–Crippen MR) is 43.3 cm³/mol. The quantitative estimate of drug-likeness (QED) is 0.542. The van der Waals surface area contributed by atoms with Gasteiger partial charge in [-0.15, -0.1) is 0 Å². The van der Waals surface area contributed by atoms with Gasteiger partial charge in [0, 0.05) is 6.54 Å². The molecule has 0 spiro atoms. The Hall–Kier alpha value is -1.10. The Morgan fingerprint density at radius 3 is 2.75 bits per heavy atom. The molecule has 0 aromatic rings. The van der Waals surface area contributed by atoms with E-state index in [0.717, 1.165) is 0 Å². The lowest BCUT2D eigenvalue weighted by atomic mass is 10.2. The van der Waals surface area contributed by atoms with Crippen LogP contribution in [0.4, 0.5) is 4.79 Å². The Balaban J connectivity index is 2.43. The predicted octanol–water partition coefficient (Wildman–Crippen LogP) is -0.867. The summed E-state index contributed by atoms with van der Waals surface area (Å²) in [6, 6.07) is -0.305. The van der Waals surface area contributed by atoms with Gasteiger partial charge in [-0.1, -0.05) is 6.92 Å². The van der Waals surface area contributed by atoms with Crippen LogP contribution in [0, 0.1) is 5.92 Å². The van der Waals surface area contributed by atoms with Gasteiger partial charge in [-0.05, 0) is 12.5 Å². The third-order valence-corrected chi connectivity index (χ3v) is 1.80. The summed E-state index contributed by atoms with van der Waals surface area (Å²) in [6.07, 6.45) is 0. The highest BCUT2D eigenvalue weighted by atomic mass is 16.2. The SMILES string of the molecule is CC(CN)CN1CC(=O)NC1=O. The van der Waals surface area contributed by atoms with E-state index in [1.807, 2.05) is 6.92 Å². The van der Waals surface area contributed by atoms with Crippen molar-refractivity contribution in [3.8, 4) is 0 Å². The lowest BCUT2D eigenvalue weighted by Crippen LogP contribution is -2.34. The topological polar surface area (TPSA) is 75.4 Å². The standard InChI is InChI=1S/C7H13N3O2/c1-5(2-8)3-10-4-6(11)9-7(10)12/h5H,2-4,8H2,1H3,(H,9,11,12). The van der Waals surface area contributed by atoms with Crippen LogP contribution in [0.3, 0.4) is 0 Å². The lowest BCUT2D eigenvalue weighted by Gasteiger charge is -2.16. The number of urea groups is 1. The fourth-order valence-corrected chi connectivity index (χ4v) is 1.08. The van der Waals surface area contributed by atoms with Crippen molar-refractivity contribution < 1.29 is 9.59 Å². The van der Waals surface area contributed by atoms with Crippen molar-refractivity contribution >= 4 is 11.9 Å². The third kappa shape index (κ3) is 1.94. The van der Waals surface area contributed by atoms with Crippen LogP contribution in [-0.4, -0.2) is 36.5 Å². The highest BCUT2D eigenvalue weighted by Gasteiger charge is 2.26. The fourth-order valence-electron chi connectivity index (χ4n) is 1.08. The van der Waals surface area contributed by atoms with Gasteiger partial charge in [0.2, 0.25) is 5.91 Å². The van der Waals surface area contributed by atoms with E-state index in [2.05, 4.69) is 5.32 Å². The highest BCUT2D eigenvalue weighted by Crippen LogP contribution is 2.02. The maximum Gasteiger partial charge on any atom is 0.324 e. The minimum absolute atomic E-state index is 0.170. The first-order valence-corrected chi connectivity index (χ1v) is 3.92. The zero-order chi connectivity index (χ0) is 9.14. The molecule has 0 aliphatic carbocycles. The van der Waals surface area contributed by atoms with Crippen molar-refractivity contribution in [3.05, 3.63) is 0 Å². The second kappa shape index (κ2) is 3.53. The molecule has 1 rings (SSSR count). The number of nitrogens with zero attached hydrogens (tertiary/aromatic N) is 1. The number of nitrogens with two attached hydrogens (primary N) is 1. The van der Waals surface area contributed by atoms with Crippen LogP contribution in [-0.2, 0) is 4.79 Å². The molecule has 0 saturated carbocycles. The molecule has 1 aliphatic heterocycles. The summed E-state index contributed by atoms with van der Waals surface area (Å²) >= 11 is 0. The minimum Gasteiger partial charge on any atom is -0.330 e. The molecule has 1 unspecified atom stereocenters. The smallest absolute Gasteiger partial charge is 0.324 e. The molecule has 0 bridgehead atoms. The fraction of sp³-hybridized carbons (Fsp3) is 0.714. The Morgan fingerprint density at radius 2 is 2.33 bits per heavy atom. The van der Waals surface area contributed by atoms with Crippen molar-refractivity contribution in [2.45, 2.75) is 6.92 Å². The number of amides is 3. The van der Waals surface area contributed by atoms with Crippen LogP contribution in [0.2, 0.25) is 0 Å². The van der Waals surface area contributed by atoms with Crippen LogP contribution < -0.4 is 11.1 Å². The van der Waals surface area contributed by atoms with E-state index in [0.29, 0.717) is 13.1 Å². The van der Waals surface area contributed by atoms with Crippen LogP contribution in [0.1, 0.15) is 6.92 Å². The molecule has 1 atom stereocenters. The number of hydrogen-bond donors (Lipinski definition) is 2. The van der Waals surface area contributed by atoms with Gasteiger partial charge in [0.1, 0.15) is 6.54 Å². The van der Waals surface area contributed by atoms with E-state index < -0.39 is 0 Å². The molecule has 0 aromatic carbocycles. The number of hydrogen-bond acceptors (Lipinski definition) is 3. The first-order chi connectivity index (χ1) is 5.63. The molecule has 3 amide bonds. The summed E-state index contributed by atoms with van der Waals surface area (Å²) in [5.74, 6) is 0.00544. The summed E-state index contributed by atoms with van der Waals surface area (Å²) in [5.41, 5.74) is 5.39. The van der Waals surface area contributed by atoms with Crippen LogP contribution in [0.25, 0.3) is 0 Å². The van der Waals surface area contributed by atoms with Crippen molar-refractivity contribution in [1.29, 1.82) is 0 Å². The second-order valence-corrected chi connectivity index (χ2v) is 3.07. The first-order valence-electron chi connectivity index (χ1n) is 3.92. The van der Waals surface area contributed by atoms with Gasteiger partial charge < -0.3 is 10.6 Å². The molecular weight excluding hydrogens is 158 g/mol. The normalized spacial score (nSPS) is 19.7. The summed E-state index contributed by atoms with van der Waals surface area (Å²) in [7, 11) is 0. The van der Waals surface area contributed by atoms with E-state index in [1.165, 1.54) is 4.90 Å². The summed E-state index contributed by atoms with van der Waals surface area (Å²) in [5, 5.41) is 2.20. The molecule has 1 fully saturated rings. The number of rotatable bonds is 3. The van der Waals surface area contributed by atoms with Crippen LogP contribution in [0.15, 0.2) is 0 Å². The van der Waals surface area contributed by atoms with Gasteiger partial charge in [-0.25, -0.2) is 4.79 Å². The highest BCUT2D eigenvalue weighted by molar-refractivity contribution is 6.01. The average molecular weight is 171 g/mol. The van der Waals surface area contributed by atoms with Gasteiger partial charge in [-0.3, -0.25) is 10.1 Å². The summed E-state index contributed by atoms with van der Waals surface area (Å²) in [4.78, 5) is 23.2. The van der Waals surface area contributed by atoms with E-state index >= 15 is 0 Å². The third-order valence-electron chi connectivity index (χ3n) is 1.80. The molecule has 0 radical (unpaired) electrons. The van der Waals surface area contributed by atoms with Crippen molar-refractivity contribution in [2.24, 2.45) is 11.7 Å². The Bertz CT molecular complexity index is 205. The molecule has 5 heteroatoms. The van der Waals surface area contributed by atoms with E-state index in [4.69, 9.17) is 5.73 Å². The Labute approximate surface area is 70.9 Å². The van der Waals surface area contributed by atoms with Crippen molar-refractivity contribution in [2.75, 3.05) is 19.6 Å². The molecule has 0 aromatic heterocycles. The molecule has 3 N–H and O–H groups in total. The van der Waals surface area contributed by atoms with Gasteiger partial charge in [0.25, 0.3) is 0 Å². The van der Waals surface area contributed by atoms with E-state index in [1.54, 1.807) is 0 Å². The maximum atomic E-state index is 11.0. The van der Waals surface area contributed by atoms with Crippen molar-refractivity contribution in [3.63, 3.8) is 0 Å². The molecule has 12 heavy (non-hydrogen) atoms. The number of imide groups is 1. The zero-order valence-corrected chi connectivity index (χ0v) is 7.04. The van der Waals surface area contributed by atoms with Gasteiger partial charge in [0.15, 0.2) is 0 Å². The summed E-state index contributed by atoms with van der Waals surface area (Å²) < 4.78 is 0. The molecule has 68 valence electrons. The van der Waals surface area contributed by atoms with Gasteiger partial charge >= 0.3 is 6.03 Å². The zero-order valence-electron chi connectivity index (χ0n) is 7.04. The van der Waals surface area contributed by atoms with Gasteiger partial charge in [0.05, 0.1) is 0 Å². The molecule has 1 heterocycles. The monoisotopic (exact) mass is 171 g/mol. The minimum atomic E-state index is -0.305. The van der Waals surface area contributed by atoms with Crippen LogP contribution >= 0.6 is 0 Å². The van der Waals surface area contributed by atoms with E-state index in [9.17, 15) is 9.59 Å². The Kier molecular flexibility index (Phi) is 2.65. The molecule has 1 aliphatic rings. The summed E-state index contributed by atoms with van der Waals surface area (Å²) in [6.45, 7) is 3.19. The lowest BCUT2D eigenvalue weighted by molar-refractivity contribution is -0.118. The van der Waals surface area contributed by atoms with Gasteiger partial charge in [-0.2, -0.15) is 0 Å². The van der Waals surface area contributed by atoms with Crippen LogP contribution in [0.5, 0.6) is 0 Å². The second-order valence-electron chi connectivity index (χ2n) is 3.07. The molecule has 1 saturated heterocycles. The van der Waals surface area contributed by atoms with E-state index in [-0.39, 0.29) is 24.4 Å². The number of nitrogens with one attached hydrogen (secondary N) is 1. The maximum absolute atomic E-state index is 11.0. The largest absolute Gasteiger partial charge is 0.330 e. The number of carbonyl (C=O) groups excluding carboxylic acids is 2. The molecule has 5 nitrogen and oxygen atoms in total. The van der Waals surface area contributed by atoms with Crippen molar-refractivity contribution in [1.82, 2.24) is 10.2 Å². The first kappa shape index (κ1) is 8.99. The average Bonchev–Trinajstić information content (AvgIpc) is 2.30. The molecular formula is C7H13N3O2.